The quantitative estimate of drug-likeness (QED) is 0.559. The van der Waals surface area contributed by atoms with Crippen LogP contribution < -0.4 is 11.3 Å². The Morgan fingerprint density at radius 1 is 1.62 bits per heavy atom. The number of nitrogens with zero attached hydrogens (tertiary/aromatic N) is 1. The lowest BCUT2D eigenvalue weighted by atomic mass is 10.2. The second-order valence-electron chi connectivity index (χ2n) is 2.50. The van der Waals surface area contributed by atoms with E-state index in [0.717, 1.165) is 6.42 Å². The lowest BCUT2D eigenvalue weighted by Gasteiger charge is -2.00. The van der Waals surface area contributed by atoms with Gasteiger partial charge in [0.25, 0.3) is 5.56 Å². The molecule has 6 N–H and O–H groups in total. The second-order valence-corrected chi connectivity index (χ2v) is 2.50. The molecule has 1 aromatic rings. The fourth-order valence-electron chi connectivity index (χ4n) is 0.978. The van der Waals surface area contributed by atoms with Gasteiger partial charge in [0.05, 0.1) is 5.56 Å². The van der Waals surface area contributed by atoms with E-state index in [2.05, 4.69) is 9.97 Å². The number of nitrogen functional groups attached to an aromatic ring is 1. The van der Waals surface area contributed by atoms with Gasteiger partial charge < -0.3 is 16.3 Å². The van der Waals surface area contributed by atoms with Crippen LogP contribution in [0.3, 0.4) is 0 Å². The van der Waals surface area contributed by atoms with Gasteiger partial charge in [0.15, 0.2) is 0 Å². The number of hydrogen-bond acceptors (Lipinski definition) is 4. The van der Waals surface area contributed by atoms with Crippen molar-refractivity contribution < 1.29 is 10.6 Å². The van der Waals surface area contributed by atoms with Gasteiger partial charge in [0.2, 0.25) is 11.8 Å². The molecular formula is C7H13N3O3. The fourth-order valence-corrected chi connectivity index (χ4v) is 0.978. The number of aromatic amines is 1. The zero-order chi connectivity index (χ0) is 9.14. The molecule has 0 unspecified atom stereocenters. The van der Waals surface area contributed by atoms with E-state index in [9.17, 15) is 9.90 Å². The van der Waals surface area contributed by atoms with Crippen LogP contribution in [0.4, 0.5) is 5.95 Å². The van der Waals surface area contributed by atoms with Crippen LogP contribution in [0.1, 0.15) is 18.9 Å². The third-order valence-electron chi connectivity index (χ3n) is 1.51. The molecule has 0 amide bonds. The molecule has 0 spiro atoms. The summed E-state index contributed by atoms with van der Waals surface area (Å²) < 4.78 is 0. The Kier molecular flexibility index (Phi) is 3.93. The Morgan fingerprint density at radius 2 is 2.23 bits per heavy atom. The molecule has 0 bridgehead atoms. The maximum atomic E-state index is 11.1. The highest BCUT2D eigenvalue weighted by molar-refractivity contribution is 5.28. The zero-order valence-corrected chi connectivity index (χ0v) is 7.29. The molecule has 13 heavy (non-hydrogen) atoms. The standard InChI is InChI=1S/C7H11N3O2.H2O/c1-2-3-4-5(11)9-7(8)10-6(4)12;/h2-3H2,1H3,(H4,8,9,10,11,12);1H2. The predicted octanol–water partition coefficient (Wildman–Crippen LogP) is -0.815. The fraction of sp³-hybridized carbons (Fsp3) is 0.429. The molecule has 0 aliphatic rings. The van der Waals surface area contributed by atoms with E-state index in [1.807, 2.05) is 6.92 Å². The third kappa shape index (κ3) is 2.45. The summed E-state index contributed by atoms with van der Waals surface area (Å²) in [5.74, 6) is -0.324. The average Bonchev–Trinajstić information content (AvgIpc) is 1.96. The van der Waals surface area contributed by atoms with Crippen molar-refractivity contribution in [1.29, 1.82) is 0 Å². The summed E-state index contributed by atoms with van der Waals surface area (Å²) in [4.78, 5) is 17.0. The van der Waals surface area contributed by atoms with Gasteiger partial charge >= 0.3 is 0 Å². The van der Waals surface area contributed by atoms with Gasteiger partial charge in [-0.1, -0.05) is 13.3 Å². The molecule has 6 nitrogen and oxygen atoms in total. The van der Waals surface area contributed by atoms with Gasteiger partial charge in [0, 0.05) is 0 Å². The normalized spacial score (nSPS) is 9.31. The summed E-state index contributed by atoms with van der Waals surface area (Å²) in [7, 11) is 0. The van der Waals surface area contributed by atoms with E-state index in [4.69, 9.17) is 5.73 Å². The van der Waals surface area contributed by atoms with E-state index >= 15 is 0 Å². The smallest absolute Gasteiger partial charge is 0.259 e. The molecule has 1 heterocycles. The Hall–Kier alpha value is -1.56. The molecular weight excluding hydrogens is 174 g/mol. The van der Waals surface area contributed by atoms with Crippen LogP contribution in [0.25, 0.3) is 0 Å². The molecule has 74 valence electrons. The largest absolute Gasteiger partial charge is 0.493 e. The Labute approximate surface area is 74.7 Å². The minimum Gasteiger partial charge on any atom is -0.493 e. The monoisotopic (exact) mass is 187 g/mol. The first-order chi connectivity index (χ1) is 5.65. The van der Waals surface area contributed by atoms with E-state index in [-0.39, 0.29) is 22.9 Å². The van der Waals surface area contributed by atoms with Crippen LogP contribution in [-0.4, -0.2) is 20.6 Å². The summed E-state index contributed by atoms with van der Waals surface area (Å²) in [6.45, 7) is 1.91. The summed E-state index contributed by atoms with van der Waals surface area (Å²) in [5.41, 5.74) is 5.14. The molecule has 0 aliphatic carbocycles. The van der Waals surface area contributed by atoms with E-state index in [1.165, 1.54) is 0 Å². The molecule has 0 radical (unpaired) electrons. The van der Waals surface area contributed by atoms with E-state index < -0.39 is 0 Å². The van der Waals surface area contributed by atoms with Crippen molar-refractivity contribution in [2.75, 3.05) is 5.73 Å². The van der Waals surface area contributed by atoms with Crippen LogP contribution in [0.5, 0.6) is 5.88 Å². The van der Waals surface area contributed by atoms with Gasteiger partial charge in [-0.15, -0.1) is 0 Å². The van der Waals surface area contributed by atoms with Crippen molar-refractivity contribution in [1.82, 2.24) is 9.97 Å². The minimum absolute atomic E-state index is 0. The van der Waals surface area contributed by atoms with E-state index in [0.29, 0.717) is 12.0 Å². The van der Waals surface area contributed by atoms with Crippen LogP contribution in [-0.2, 0) is 6.42 Å². The molecule has 0 aliphatic heterocycles. The highest BCUT2D eigenvalue weighted by Crippen LogP contribution is 2.10. The van der Waals surface area contributed by atoms with Gasteiger partial charge in [-0.05, 0) is 6.42 Å². The lowest BCUT2D eigenvalue weighted by molar-refractivity contribution is 0.443. The lowest BCUT2D eigenvalue weighted by Crippen LogP contribution is -2.16. The number of H-pyrrole nitrogens is 1. The molecule has 0 aromatic carbocycles. The first-order valence-electron chi connectivity index (χ1n) is 3.72. The molecule has 0 fully saturated rings. The average molecular weight is 187 g/mol. The van der Waals surface area contributed by atoms with Crippen LogP contribution in [0, 0.1) is 0 Å². The SMILES string of the molecule is CCCc1c(O)nc(N)[nH]c1=O.O. The summed E-state index contributed by atoms with van der Waals surface area (Å²) in [6, 6.07) is 0. The van der Waals surface area contributed by atoms with Gasteiger partial charge in [-0.2, -0.15) is 4.98 Å². The number of aromatic hydroxyl groups is 1. The first kappa shape index (κ1) is 11.4. The summed E-state index contributed by atoms with van der Waals surface area (Å²) in [6.07, 6.45) is 1.29. The number of anilines is 1. The van der Waals surface area contributed by atoms with Gasteiger partial charge in [-0.3, -0.25) is 9.78 Å². The van der Waals surface area contributed by atoms with Crippen molar-refractivity contribution in [2.24, 2.45) is 0 Å². The molecule has 0 saturated carbocycles. The minimum atomic E-state index is -0.359. The van der Waals surface area contributed by atoms with Crippen molar-refractivity contribution in [3.05, 3.63) is 15.9 Å². The number of nitrogens with two attached hydrogens (primary N) is 1. The molecule has 1 rings (SSSR count). The third-order valence-corrected chi connectivity index (χ3v) is 1.51. The number of nitrogens with one attached hydrogen (secondary N) is 1. The van der Waals surface area contributed by atoms with Crippen LogP contribution in [0.15, 0.2) is 4.79 Å². The van der Waals surface area contributed by atoms with Crippen molar-refractivity contribution >= 4 is 5.95 Å². The Morgan fingerprint density at radius 3 is 2.69 bits per heavy atom. The van der Waals surface area contributed by atoms with Crippen molar-refractivity contribution in [2.45, 2.75) is 19.8 Å². The summed E-state index contributed by atoms with van der Waals surface area (Å²) >= 11 is 0. The maximum Gasteiger partial charge on any atom is 0.259 e. The Bertz CT molecular complexity index is 334. The second kappa shape index (κ2) is 4.46. The topological polar surface area (TPSA) is 124 Å². The van der Waals surface area contributed by atoms with Crippen LogP contribution in [0.2, 0.25) is 0 Å². The number of hydrogen-bond donors (Lipinski definition) is 3. The van der Waals surface area contributed by atoms with Crippen molar-refractivity contribution in [3.8, 4) is 5.88 Å². The molecule has 0 atom stereocenters. The summed E-state index contributed by atoms with van der Waals surface area (Å²) in [5, 5.41) is 9.19. The van der Waals surface area contributed by atoms with Crippen LogP contribution >= 0.6 is 0 Å². The van der Waals surface area contributed by atoms with Gasteiger partial charge in [0.1, 0.15) is 0 Å². The van der Waals surface area contributed by atoms with E-state index in [1.54, 1.807) is 0 Å². The highest BCUT2D eigenvalue weighted by Gasteiger charge is 2.07. The predicted molar refractivity (Wildman–Crippen MR) is 48.5 cm³/mol. The van der Waals surface area contributed by atoms with Crippen molar-refractivity contribution in [3.63, 3.8) is 0 Å². The molecule has 6 heteroatoms. The highest BCUT2D eigenvalue weighted by atomic mass is 16.3. The maximum absolute atomic E-state index is 11.1. The first-order valence-corrected chi connectivity index (χ1v) is 3.72. The number of aromatic nitrogens is 2. The molecule has 1 aromatic heterocycles. The van der Waals surface area contributed by atoms with Gasteiger partial charge in [-0.25, -0.2) is 0 Å². The molecule has 0 saturated heterocycles. The number of rotatable bonds is 2. The zero-order valence-electron chi connectivity index (χ0n) is 7.29. The Balaban J connectivity index is 0.00000144.